The van der Waals surface area contributed by atoms with Crippen molar-refractivity contribution in [3.63, 3.8) is 0 Å². The zero-order chi connectivity index (χ0) is 14.8. The smallest absolute Gasteiger partial charge is 0.318 e. The quantitative estimate of drug-likeness (QED) is 0.720. The van der Waals surface area contributed by atoms with Crippen molar-refractivity contribution in [2.24, 2.45) is 0 Å². The van der Waals surface area contributed by atoms with Crippen LogP contribution in [0.15, 0.2) is 0 Å². The number of nitrogens with zero attached hydrogens (tertiary/aromatic N) is 1. The van der Waals surface area contributed by atoms with Gasteiger partial charge in [0.05, 0.1) is 16.8 Å². The summed E-state index contributed by atoms with van der Waals surface area (Å²) in [6.45, 7) is 2.73. The first-order chi connectivity index (χ1) is 8.60. The van der Waals surface area contributed by atoms with E-state index in [9.17, 15) is 21.6 Å². The van der Waals surface area contributed by atoms with Gasteiger partial charge in [-0.05, 0) is 19.8 Å². The molecule has 1 heterocycles. The van der Waals surface area contributed by atoms with Gasteiger partial charge >= 0.3 is 5.97 Å². The van der Waals surface area contributed by atoms with Crippen LogP contribution in [0.4, 0.5) is 0 Å². The second-order valence-electron chi connectivity index (χ2n) is 4.77. The monoisotopic (exact) mass is 313 g/mol. The van der Waals surface area contributed by atoms with Crippen LogP contribution in [-0.2, 0) is 24.7 Å². The molecule has 0 amide bonds. The average molecular weight is 313 g/mol. The van der Waals surface area contributed by atoms with Gasteiger partial charge in [0, 0.05) is 6.04 Å². The molecule has 0 aromatic carbocycles. The Hall–Kier alpha value is -0.670. The summed E-state index contributed by atoms with van der Waals surface area (Å²) < 4.78 is 48.4. The Kier molecular flexibility index (Phi) is 4.97. The summed E-state index contributed by atoms with van der Waals surface area (Å²) in [5.41, 5.74) is 0. The van der Waals surface area contributed by atoms with Crippen LogP contribution in [-0.4, -0.2) is 61.6 Å². The Morgan fingerprint density at radius 2 is 2.05 bits per heavy atom. The van der Waals surface area contributed by atoms with Gasteiger partial charge in [-0.3, -0.25) is 4.79 Å². The highest BCUT2D eigenvalue weighted by Crippen LogP contribution is 2.24. The Bertz CT molecular complexity index is 538. The van der Waals surface area contributed by atoms with E-state index in [1.54, 1.807) is 13.8 Å². The molecular formula is C10H19NO6S2. The van der Waals surface area contributed by atoms with E-state index < -0.39 is 49.4 Å². The number of hydrogen-bond acceptors (Lipinski definition) is 5. The maximum Gasteiger partial charge on any atom is 0.318 e. The molecular weight excluding hydrogens is 294 g/mol. The molecule has 0 bridgehead atoms. The molecule has 0 spiro atoms. The van der Waals surface area contributed by atoms with Crippen molar-refractivity contribution in [2.45, 2.75) is 38.0 Å². The van der Waals surface area contributed by atoms with Crippen molar-refractivity contribution in [2.75, 3.05) is 18.1 Å². The van der Waals surface area contributed by atoms with E-state index in [2.05, 4.69) is 0 Å². The van der Waals surface area contributed by atoms with E-state index in [1.807, 2.05) is 0 Å². The first-order valence-corrected chi connectivity index (χ1v) is 9.35. The van der Waals surface area contributed by atoms with E-state index in [0.717, 1.165) is 4.31 Å². The van der Waals surface area contributed by atoms with Crippen molar-refractivity contribution >= 4 is 25.8 Å². The van der Waals surface area contributed by atoms with Crippen LogP contribution in [0.2, 0.25) is 0 Å². The molecule has 1 aliphatic heterocycles. The van der Waals surface area contributed by atoms with Gasteiger partial charge in [0.15, 0.2) is 9.84 Å². The third-order valence-corrected chi connectivity index (χ3v) is 7.68. The number of carbonyl (C=O) groups is 1. The minimum atomic E-state index is -3.90. The standard InChI is InChI=1S/C10H19NO6S2/c1-3-8(2)11(6-10(12)13)19(16,17)9-4-5-18(14,15)7-9/h8-9H,3-7H2,1-2H3,(H,12,13). The molecule has 1 N–H and O–H groups in total. The third-order valence-electron chi connectivity index (χ3n) is 3.31. The van der Waals surface area contributed by atoms with Gasteiger partial charge in [0.25, 0.3) is 0 Å². The van der Waals surface area contributed by atoms with Crippen LogP contribution in [0.1, 0.15) is 26.7 Å². The van der Waals surface area contributed by atoms with Crippen LogP contribution in [0.5, 0.6) is 0 Å². The number of aliphatic carboxylic acids is 1. The lowest BCUT2D eigenvalue weighted by atomic mass is 10.2. The zero-order valence-corrected chi connectivity index (χ0v) is 12.6. The predicted octanol–water partition coefficient (Wildman–Crippen LogP) is -0.312. The molecule has 19 heavy (non-hydrogen) atoms. The largest absolute Gasteiger partial charge is 0.480 e. The fourth-order valence-corrected chi connectivity index (χ4v) is 6.76. The summed E-state index contributed by atoms with van der Waals surface area (Å²) in [5.74, 6) is -1.81. The summed E-state index contributed by atoms with van der Waals surface area (Å²) in [6.07, 6.45) is 0.503. The normalized spacial score (nSPS) is 24.5. The molecule has 1 aliphatic rings. The van der Waals surface area contributed by atoms with Crippen LogP contribution < -0.4 is 0 Å². The van der Waals surface area contributed by atoms with E-state index in [1.165, 1.54) is 0 Å². The van der Waals surface area contributed by atoms with Crippen LogP contribution in [0.25, 0.3) is 0 Å². The summed E-state index contributed by atoms with van der Waals surface area (Å²) in [4.78, 5) is 10.8. The molecule has 2 unspecified atom stereocenters. The number of sulfone groups is 1. The van der Waals surface area contributed by atoms with E-state index in [0.29, 0.717) is 6.42 Å². The average Bonchev–Trinajstić information content (AvgIpc) is 2.65. The summed E-state index contributed by atoms with van der Waals surface area (Å²) >= 11 is 0. The molecule has 0 aromatic heterocycles. The van der Waals surface area contributed by atoms with Crippen molar-refractivity contribution < 1.29 is 26.7 Å². The molecule has 9 heteroatoms. The summed E-state index contributed by atoms with van der Waals surface area (Å²) in [7, 11) is -7.23. The Morgan fingerprint density at radius 1 is 1.47 bits per heavy atom. The van der Waals surface area contributed by atoms with Gasteiger partial charge in [-0.25, -0.2) is 16.8 Å². The number of sulfonamides is 1. The highest BCUT2D eigenvalue weighted by molar-refractivity contribution is 7.95. The molecule has 1 saturated heterocycles. The molecule has 1 fully saturated rings. The lowest BCUT2D eigenvalue weighted by Crippen LogP contribution is -2.46. The lowest BCUT2D eigenvalue weighted by molar-refractivity contribution is -0.137. The molecule has 112 valence electrons. The van der Waals surface area contributed by atoms with E-state index in [-0.39, 0.29) is 12.2 Å². The maximum absolute atomic E-state index is 12.4. The fraction of sp³-hybridized carbons (Fsp3) is 0.900. The molecule has 0 aliphatic carbocycles. The third kappa shape index (κ3) is 3.90. The number of carboxylic acids is 1. The molecule has 2 atom stereocenters. The van der Waals surface area contributed by atoms with Gasteiger partial charge in [0.2, 0.25) is 10.0 Å². The molecule has 0 saturated carbocycles. The van der Waals surface area contributed by atoms with Gasteiger partial charge in [-0.1, -0.05) is 6.92 Å². The van der Waals surface area contributed by atoms with Gasteiger partial charge in [-0.2, -0.15) is 4.31 Å². The SMILES string of the molecule is CCC(C)N(CC(=O)O)S(=O)(=O)C1CCS(=O)(=O)C1. The first kappa shape index (κ1) is 16.4. The van der Waals surface area contributed by atoms with Crippen LogP contribution in [0.3, 0.4) is 0 Å². The molecule has 0 radical (unpaired) electrons. The van der Waals surface area contributed by atoms with Crippen molar-refractivity contribution in [3.05, 3.63) is 0 Å². The lowest BCUT2D eigenvalue weighted by Gasteiger charge is -2.28. The molecule has 1 rings (SSSR count). The molecule has 0 aromatic rings. The highest BCUT2D eigenvalue weighted by Gasteiger charge is 2.42. The van der Waals surface area contributed by atoms with Crippen LogP contribution in [0, 0.1) is 0 Å². The van der Waals surface area contributed by atoms with E-state index in [4.69, 9.17) is 5.11 Å². The van der Waals surface area contributed by atoms with Gasteiger partial charge < -0.3 is 5.11 Å². The van der Waals surface area contributed by atoms with Crippen molar-refractivity contribution in [3.8, 4) is 0 Å². The summed E-state index contributed by atoms with van der Waals surface area (Å²) in [5, 5.41) is 7.79. The molecule has 7 nitrogen and oxygen atoms in total. The predicted molar refractivity (Wildman–Crippen MR) is 70.1 cm³/mol. The highest BCUT2D eigenvalue weighted by atomic mass is 32.2. The second-order valence-corrected chi connectivity index (χ2v) is 9.16. The number of rotatable bonds is 6. The Balaban J connectivity index is 3.03. The first-order valence-electron chi connectivity index (χ1n) is 6.03. The van der Waals surface area contributed by atoms with E-state index >= 15 is 0 Å². The number of hydrogen-bond donors (Lipinski definition) is 1. The maximum atomic E-state index is 12.4. The Labute approximate surface area is 113 Å². The fourth-order valence-electron chi connectivity index (χ4n) is 2.02. The minimum Gasteiger partial charge on any atom is -0.480 e. The van der Waals surface area contributed by atoms with Crippen molar-refractivity contribution in [1.29, 1.82) is 0 Å². The Morgan fingerprint density at radius 3 is 2.42 bits per heavy atom. The summed E-state index contributed by atoms with van der Waals surface area (Å²) in [6, 6.07) is -0.468. The van der Waals surface area contributed by atoms with Gasteiger partial charge in [0.1, 0.15) is 6.54 Å². The second kappa shape index (κ2) is 5.76. The van der Waals surface area contributed by atoms with Crippen molar-refractivity contribution in [1.82, 2.24) is 4.31 Å². The van der Waals surface area contributed by atoms with Crippen LogP contribution >= 0.6 is 0 Å². The minimum absolute atomic E-state index is 0.0389. The zero-order valence-electron chi connectivity index (χ0n) is 10.9. The van der Waals surface area contributed by atoms with Gasteiger partial charge in [-0.15, -0.1) is 0 Å². The number of carboxylic acid groups (broad SMARTS) is 1. The topological polar surface area (TPSA) is 109 Å².